The van der Waals surface area contributed by atoms with Gasteiger partial charge < -0.3 is 10.0 Å². The average molecular weight is 630 g/mol. The number of pyridine rings is 1. The molecule has 3 aliphatic rings. The number of hydrogen-bond acceptors (Lipinski definition) is 5. The summed E-state index contributed by atoms with van der Waals surface area (Å²) < 4.78 is 44.6. The third-order valence-corrected chi connectivity index (χ3v) is 10.1. The number of ketones is 1. The summed E-state index contributed by atoms with van der Waals surface area (Å²) in [5.74, 6) is -2.23. The molecule has 2 aromatic heterocycles. The first-order valence-corrected chi connectivity index (χ1v) is 15.1. The first kappa shape index (κ1) is 30.8. The van der Waals surface area contributed by atoms with Gasteiger partial charge in [0.05, 0.1) is 44.9 Å². The number of carbonyl (C=O) groups excluding carboxylic acids is 2. The van der Waals surface area contributed by atoms with E-state index in [4.69, 9.17) is 23.2 Å². The summed E-state index contributed by atoms with van der Waals surface area (Å²) >= 11 is 12.6. The molecule has 0 bridgehead atoms. The molecule has 1 aliphatic heterocycles. The van der Waals surface area contributed by atoms with Gasteiger partial charge in [-0.25, -0.2) is 0 Å². The zero-order valence-corrected chi connectivity index (χ0v) is 24.7. The molecule has 2 aliphatic carbocycles. The van der Waals surface area contributed by atoms with Gasteiger partial charge in [-0.2, -0.15) is 18.3 Å². The van der Waals surface area contributed by atoms with E-state index in [-0.39, 0.29) is 59.7 Å². The van der Waals surface area contributed by atoms with Gasteiger partial charge in [0.25, 0.3) is 5.91 Å². The fourth-order valence-corrected chi connectivity index (χ4v) is 7.58. The van der Waals surface area contributed by atoms with Gasteiger partial charge in [0.1, 0.15) is 0 Å². The monoisotopic (exact) mass is 628 g/mol. The van der Waals surface area contributed by atoms with Crippen LogP contribution in [0, 0.1) is 17.3 Å². The molecule has 3 fully saturated rings. The minimum Gasteiger partial charge on any atom is -0.481 e. The second kappa shape index (κ2) is 11.8. The van der Waals surface area contributed by atoms with E-state index >= 15 is 0 Å². The Bertz CT molecular complexity index is 1350. The van der Waals surface area contributed by atoms with Gasteiger partial charge in [-0.1, -0.05) is 55.3 Å². The zero-order valence-electron chi connectivity index (χ0n) is 23.2. The smallest absolute Gasteiger partial charge is 0.433 e. The van der Waals surface area contributed by atoms with E-state index in [0.29, 0.717) is 6.42 Å². The minimum absolute atomic E-state index is 0.00384. The Kier molecular flexibility index (Phi) is 8.64. The lowest BCUT2D eigenvalue weighted by atomic mass is 9.74. The second-order valence-corrected chi connectivity index (χ2v) is 13.0. The van der Waals surface area contributed by atoms with Crippen molar-refractivity contribution < 1.29 is 32.7 Å². The van der Waals surface area contributed by atoms with E-state index in [9.17, 15) is 32.7 Å². The summed E-state index contributed by atoms with van der Waals surface area (Å²) in [7, 11) is 0. The van der Waals surface area contributed by atoms with Crippen molar-refractivity contribution in [3.8, 4) is 0 Å². The van der Waals surface area contributed by atoms with Crippen molar-refractivity contribution >= 4 is 40.9 Å². The Labute approximate surface area is 251 Å². The molecule has 2 aromatic rings. The molecule has 2 atom stereocenters. The lowest BCUT2D eigenvalue weighted by molar-refractivity contribution is -0.152. The predicted octanol–water partition coefficient (Wildman–Crippen LogP) is 7.10. The highest BCUT2D eigenvalue weighted by molar-refractivity contribution is 6.40. The van der Waals surface area contributed by atoms with E-state index in [1.165, 1.54) is 17.3 Å². The molecule has 0 radical (unpaired) electrons. The molecular weight excluding hydrogens is 596 g/mol. The number of carboxylic acid groups (broad SMARTS) is 1. The van der Waals surface area contributed by atoms with Crippen LogP contribution in [0.25, 0.3) is 0 Å². The van der Waals surface area contributed by atoms with Crippen LogP contribution < -0.4 is 0 Å². The first-order chi connectivity index (χ1) is 19.8. The predicted molar refractivity (Wildman–Crippen MR) is 149 cm³/mol. The van der Waals surface area contributed by atoms with Crippen LogP contribution in [0.15, 0.2) is 18.6 Å². The minimum atomic E-state index is -4.91. The van der Waals surface area contributed by atoms with Crippen molar-refractivity contribution in [1.82, 2.24) is 19.7 Å². The molecule has 0 unspecified atom stereocenters. The van der Waals surface area contributed by atoms with Gasteiger partial charge in [0.2, 0.25) is 0 Å². The Morgan fingerprint density at radius 3 is 2.17 bits per heavy atom. The lowest BCUT2D eigenvalue weighted by Gasteiger charge is -2.34. The summed E-state index contributed by atoms with van der Waals surface area (Å²) in [6.45, 7) is 1.73. The summed E-state index contributed by atoms with van der Waals surface area (Å²) in [5.41, 5.74) is -2.82. The first-order valence-electron chi connectivity index (χ1n) is 14.3. The van der Waals surface area contributed by atoms with Crippen molar-refractivity contribution in [1.29, 1.82) is 0 Å². The third kappa shape index (κ3) is 5.78. The Balaban J connectivity index is 1.49. The fraction of sp³-hybridized carbons (Fsp3) is 0.621. The number of nitrogens with zero attached hydrogens (tertiary/aromatic N) is 4. The van der Waals surface area contributed by atoms with E-state index in [1.54, 1.807) is 6.92 Å². The van der Waals surface area contributed by atoms with Gasteiger partial charge in [0, 0.05) is 18.9 Å². The van der Waals surface area contributed by atoms with Crippen molar-refractivity contribution in [3.05, 3.63) is 45.5 Å². The molecular formula is C29H33Cl2F3N4O4. The van der Waals surface area contributed by atoms with E-state index in [1.807, 2.05) is 0 Å². The Hall–Kier alpha value is -2.66. The highest BCUT2D eigenvalue weighted by Gasteiger charge is 2.48. The maximum Gasteiger partial charge on any atom is 0.433 e. The standard InChI is InChI=1S/C29H33Cl2F3N4O4/c1-28(27(41)42)9-7-18(8-10-28)38-25(29(32,33)34)19(12-36-38)26(40)37-15-17(16-5-3-2-4-6-16)11-22(37)24(39)23-20(30)13-35-14-21(23)31/h12-14,16-18,22H,2-11,15H2,1H3,(H,41,42)/t17-,18-,22-,28-/m1/s1. The molecule has 1 saturated heterocycles. The number of rotatable bonds is 6. The zero-order chi connectivity index (χ0) is 30.4. The number of aliphatic carboxylic acids is 1. The van der Waals surface area contributed by atoms with Crippen molar-refractivity contribution in [2.45, 2.75) is 89.4 Å². The van der Waals surface area contributed by atoms with Crippen molar-refractivity contribution in [3.63, 3.8) is 0 Å². The van der Waals surface area contributed by atoms with Crippen molar-refractivity contribution in [2.24, 2.45) is 17.3 Å². The number of amides is 1. The van der Waals surface area contributed by atoms with Crippen LogP contribution in [-0.4, -0.2) is 55.0 Å². The molecule has 2 saturated carbocycles. The molecule has 0 spiro atoms. The SMILES string of the molecule is C[C@]1(C(=O)O)CC[C@H](n2ncc(C(=O)N3C[C@H](C4CCCCC4)C[C@@H]3C(=O)c3c(Cl)cncc3Cl)c2C(F)(F)F)CC1. The normalized spacial score (nSPS) is 27.3. The quantitative estimate of drug-likeness (QED) is 0.342. The molecule has 1 amide bonds. The van der Waals surface area contributed by atoms with Crippen LogP contribution in [0.2, 0.25) is 10.0 Å². The molecule has 13 heteroatoms. The van der Waals surface area contributed by atoms with E-state index < -0.39 is 52.6 Å². The third-order valence-electron chi connectivity index (χ3n) is 9.53. The largest absolute Gasteiger partial charge is 0.481 e. The highest BCUT2D eigenvalue weighted by Crippen LogP contribution is 2.45. The number of Topliss-reactive ketones (excluding diaryl/α,β-unsaturated/α-hetero) is 1. The highest BCUT2D eigenvalue weighted by atomic mass is 35.5. The van der Waals surface area contributed by atoms with Gasteiger partial charge >= 0.3 is 12.1 Å². The summed E-state index contributed by atoms with van der Waals surface area (Å²) in [6.07, 6.45) is 4.63. The Morgan fingerprint density at radius 1 is 0.976 bits per heavy atom. The molecule has 3 heterocycles. The molecule has 0 aromatic carbocycles. The van der Waals surface area contributed by atoms with Gasteiger partial charge in [-0.3, -0.25) is 24.0 Å². The number of carboxylic acids is 1. The van der Waals surface area contributed by atoms with Gasteiger partial charge in [-0.05, 0) is 50.9 Å². The number of likely N-dealkylation sites (tertiary alicyclic amines) is 1. The molecule has 1 N–H and O–H groups in total. The van der Waals surface area contributed by atoms with Crippen LogP contribution in [0.4, 0.5) is 13.2 Å². The summed E-state index contributed by atoms with van der Waals surface area (Å²) in [5, 5.41) is 13.6. The topological polar surface area (TPSA) is 105 Å². The number of aromatic nitrogens is 3. The van der Waals surface area contributed by atoms with Crippen LogP contribution in [0.5, 0.6) is 0 Å². The number of carbonyl (C=O) groups is 3. The fourth-order valence-electron chi connectivity index (χ4n) is 7.03. The van der Waals surface area contributed by atoms with Gasteiger partial charge in [-0.15, -0.1) is 0 Å². The van der Waals surface area contributed by atoms with Crippen LogP contribution >= 0.6 is 23.2 Å². The molecule has 5 rings (SSSR count). The molecule has 42 heavy (non-hydrogen) atoms. The number of hydrogen-bond donors (Lipinski definition) is 1. The van der Waals surface area contributed by atoms with Crippen LogP contribution in [0.1, 0.15) is 104 Å². The second-order valence-electron chi connectivity index (χ2n) is 12.2. The Morgan fingerprint density at radius 2 is 1.60 bits per heavy atom. The van der Waals surface area contributed by atoms with Crippen LogP contribution in [-0.2, 0) is 11.0 Å². The summed E-state index contributed by atoms with van der Waals surface area (Å²) in [4.78, 5) is 44.6. The van der Waals surface area contributed by atoms with Crippen LogP contribution in [0.3, 0.4) is 0 Å². The van der Waals surface area contributed by atoms with E-state index in [0.717, 1.165) is 43.0 Å². The molecule has 228 valence electrons. The number of halogens is 5. The molecule has 8 nitrogen and oxygen atoms in total. The maximum atomic E-state index is 14.6. The van der Waals surface area contributed by atoms with Crippen molar-refractivity contribution in [2.75, 3.05) is 6.54 Å². The van der Waals surface area contributed by atoms with Gasteiger partial charge in [0.15, 0.2) is 11.5 Å². The lowest BCUT2D eigenvalue weighted by Crippen LogP contribution is -2.41. The maximum absolute atomic E-state index is 14.6. The average Bonchev–Trinajstić information content (AvgIpc) is 3.59. The summed E-state index contributed by atoms with van der Waals surface area (Å²) in [6, 6.07) is -1.76. The van der Waals surface area contributed by atoms with E-state index in [2.05, 4.69) is 10.1 Å². The number of alkyl halides is 3.